The number of aromatic nitrogens is 1. The van der Waals surface area contributed by atoms with Gasteiger partial charge in [0.1, 0.15) is 5.75 Å². The molecule has 1 aromatic heterocycles. The minimum atomic E-state index is 0.107. The van der Waals surface area contributed by atoms with Crippen molar-refractivity contribution in [3.8, 4) is 5.75 Å². The van der Waals surface area contributed by atoms with Crippen molar-refractivity contribution in [2.24, 2.45) is 10.9 Å². The Hall–Kier alpha value is -3.96. The van der Waals surface area contributed by atoms with Gasteiger partial charge in [-0.1, -0.05) is 60.7 Å². The summed E-state index contributed by atoms with van der Waals surface area (Å²) in [7, 11) is 1.71. The average Bonchev–Trinajstić information content (AvgIpc) is 3.29. The van der Waals surface area contributed by atoms with E-state index >= 15 is 0 Å². The summed E-state index contributed by atoms with van der Waals surface area (Å²) in [4.78, 5) is 10.0. The van der Waals surface area contributed by atoms with Crippen LogP contribution in [0.1, 0.15) is 16.4 Å². The summed E-state index contributed by atoms with van der Waals surface area (Å²) in [6.45, 7) is 0.750. The summed E-state index contributed by atoms with van der Waals surface area (Å²) in [5, 5.41) is 5.05. The summed E-state index contributed by atoms with van der Waals surface area (Å²) in [6, 6.07) is 35.8. The number of aromatic amines is 1. The van der Waals surface area contributed by atoms with Crippen molar-refractivity contribution < 1.29 is 4.74 Å². The first-order chi connectivity index (χ1) is 17.8. The van der Waals surface area contributed by atoms with Crippen LogP contribution < -0.4 is 10.1 Å². The predicted octanol–water partition coefficient (Wildman–Crippen LogP) is 7.87. The van der Waals surface area contributed by atoms with Crippen LogP contribution in [-0.2, 0) is 0 Å². The van der Waals surface area contributed by atoms with Gasteiger partial charge in [0, 0.05) is 51.0 Å². The number of nitrogens with one attached hydrogen (secondary N) is 2. The molecule has 0 spiro atoms. The van der Waals surface area contributed by atoms with Gasteiger partial charge >= 0.3 is 0 Å². The maximum absolute atomic E-state index is 5.45. The van der Waals surface area contributed by atoms with Gasteiger partial charge < -0.3 is 15.0 Å². The van der Waals surface area contributed by atoms with Gasteiger partial charge in [-0.2, -0.15) is 0 Å². The smallest absolute Gasteiger partial charge is 0.118 e. The molecule has 0 bridgehead atoms. The van der Waals surface area contributed by atoms with E-state index in [9.17, 15) is 0 Å². The Balaban J connectivity index is 1.51. The highest BCUT2D eigenvalue weighted by atomic mass is 32.2. The van der Waals surface area contributed by atoms with E-state index in [2.05, 4.69) is 114 Å². The van der Waals surface area contributed by atoms with E-state index in [1.807, 2.05) is 17.8 Å². The van der Waals surface area contributed by atoms with Crippen molar-refractivity contribution in [3.05, 3.63) is 120 Å². The van der Waals surface area contributed by atoms with E-state index in [4.69, 9.17) is 9.73 Å². The van der Waals surface area contributed by atoms with Gasteiger partial charge in [0.2, 0.25) is 0 Å². The number of rotatable bonds is 6. The number of para-hydroxylation sites is 3. The van der Waals surface area contributed by atoms with Gasteiger partial charge in [0.15, 0.2) is 0 Å². The van der Waals surface area contributed by atoms with Crippen LogP contribution in [0.4, 0.5) is 11.4 Å². The van der Waals surface area contributed by atoms with Crippen LogP contribution in [0.25, 0.3) is 10.9 Å². The molecule has 6 rings (SSSR count). The second kappa shape index (κ2) is 9.96. The standard InChI is InChI=1S/C31H27N3OS/c1-35-23-17-15-21(16-18-23)31-26(20-32-22-9-3-2-4-10-22)30(34-28-13-7-8-14-29(28)36-31)25-19-33-27-12-6-5-11-24(25)27/h2-19,26,31-33H,20H2,1H3. The molecule has 178 valence electrons. The molecule has 2 N–H and O–H groups in total. The second-order valence-electron chi connectivity index (χ2n) is 8.88. The minimum Gasteiger partial charge on any atom is -0.497 e. The van der Waals surface area contributed by atoms with E-state index < -0.39 is 0 Å². The third kappa shape index (κ3) is 4.38. The first kappa shape index (κ1) is 22.5. The lowest BCUT2D eigenvalue weighted by atomic mass is 9.89. The van der Waals surface area contributed by atoms with Crippen LogP contribution in [0.15, 0.2) is 119 Å². The summed E-state index contributed by atoms with van der Waals surface area (Å²) < 4.78 is 5.45. The number of H-pyrrole nitrogens is 1. The summed E-state index contributed by atoms with van der Waals surface area (Å²) in [5.41, 5.74) is 6.75. The Labute approximate surface area is 215 Å². The van der Waals surface area contributed by atoms with Gasteiger partial charge in [-0.15, -0.1) is 11.8 Å². The number of anilines is 1. The molecule has 0 saturated heterocycles. The number of ether oxygens (including phenoxy) is 1. The molecule has 2 heterocycles. The molecular formula is C31H27N3OS. The summed E-state index contributed by atoms with van der Waals surface area (Å²) >= 11 is 1.89. The number of aliphatic imine (C=N–C) groups is 1. The molecule has 4 nitrogen and oxygen atoms in total. The molecule has 4 aromatic carbocycles. The predicted molar refractivity (Wildman–Crippen MR) is 151 cm³/mol. The summed E-state index contributed by atoms with van der Waals surface area (Å²) in [6.07, 6.45) is 2.11. The van der Waals surface area contributed by atoms with Crippen molar-refractivity contribution in [2.45, 2.75) is 10.1 Å². The van der Waals surface area contributed by atoms with Crippen LogP contribution in [0, 0.1) is 5.92 Å². The zero-order chi connectivity index (χ0) is 24.3. The van der Waals surface area contributed by atoms with Crippen molar-refractivity contribution in [1.82, 2.24) is 4.98 Å². The van der Waals surface area contributed by atoms with Crippen LogP contribution >= 0.6 is 11.8 Å². The molecule has 5 heteroatoms. The number of benzene rings is 4. The van der Waals surface area contributed by atoms with Crippen molar-refractivity contribution >= 4 is 39.8 Å². The lowest BCUT2D eigenvalue weighted by Crippen LogP contribution is -2.28. The summed E-state index contributed by atoms with van der Waals surface area (Å²) in [5.74, 6) is 0.970. The number of hydrogen-bond donors (Lipinski definition) is 2. The first-order valence-electron chi connectivity index (χ1n) is 12.1. The van der Waals surface area contributed by atoms with Gasteiger partial charge in [-0.05, 0) is 48.0 Å². The monoisotopic (exact) mass is 489 g/mol. The van der Waals surface area contributed by atoms with Crippen LogP contribution in [0.3, 0.4) is 0 Å². The molecular weight excluding hydrogens is 462 g/mol. The molecule has 0 fully saturated rings. The van der Waals surface area contributed by atoms with E-state index in [0.29, 0.717) is 0 Å². The Morgan fingerprint density at radius 2 is 1.61 bits per heavy atom. The fraction of sp³-hybridized carbons (Fsp3) is 0.129. The molecule has 2 unspecified atom stereocenters. The van der Waals surface area contributed by atoms with Gasteiger partial charge in [-0.3, -0.25) is 4.99 Å². The SMILES string of the molecule is COc1ccc(C2Sc3ccccc3N=C(c3c[nH]c4ccccc34)C2CNc2ccccc2)cc1. The van der Waals surface area contributed by atoms with Crippen molar-refractivity contribution in [1.29, 1.82) is 0 Å². The van der Waals surface area contributed by atoms with Gasteiger partial charge in [0.25, 0.3) is 0 Å². The maximum atomic E-state index is 5.45. The van der Waals surface area contributed by atoms with Crippen LogP contribution in [0.2, 0.25) is 0 Å². The molecule has 2 atom stereocenters. The Kier molecular flexibility index (Phi) is 6.22. The zero-order valence-corrected chi connectivity index (χ0v) is 20.8. The second-order valence-corrected chi connectivity index (χ2v) is 10.1. The number of nitrogens with zero attached hydrogens (tertiary/aromatic N) is 1. The van der Waals surface area contributed by atoms with E-state index in [1.54, 1.807) is 7.11 Å². The highest BCUT2D eigenvalue weighted by molar-refractivity contribution is 7.99. The van der Waals surface area contributed by atoms with Crippen LogP contribution in [-0.4, -0.2) is 24.4 Å². The van der Waals surface area contributed by atoms with Crippen molar-refractivity contribution in [3.63, 3.8) is 0 Å². The topological polar surface area (TPSA) is 49.4 Å². The highest BCUT2D eigenvalue weighted by Crippen LogP contribution is 2.49. The zero-order valence-electron chi connectivity index (χ0n) is 20.0. The highest BCUT2D eigenvalue weighted by Gasteiger charge is 2.34. The fourth-order valence-corrected chi connectivity index (χ4v) is 6.20. The fourth-order valence-electron chi connectivity index (χ4n) is 4.85. The number of hydrogen-bond acceptors (Lipinski definition) is 4. The Morgan fingerprint density at radius 3 is 2.44 bits per heavy atom. The molecule has 5 aromatic rings. The number of methoxy groups -OCH3 is 1. The molecule has 0 amide bonds. The number of fused-ring (bicyclic) bond motifs is 2. The van der Waals surface area contributed by atoms with E-state index in [-0.39, 0.29) is 11.2 Å². The van der Waals surface area contributed by atoms with Gasteiger partial charge in [0.05, 0.1) is 18.5 Å². The van der Waals surface area contributed by atoms with Crippen molar-refractivity contribution in [2.75, 3.05) is 19.0 Å². The molecule has 0 saturated carbocycles. The van der Waals surface area contributed by atoms with E-state index in [0.717, 1.165) is 40.5 Å². The van der Waals surface area contributed by atoms with E-state index in [1.165, 1.54) is 15.8 Å². The number of thioether (sulfide) groups is 1. The maximum Gasteiger partial charge on any atom is 0.118 e. The lowest BCUT2D eigenvalue weighted by molar-refractivity contribution is 0.414. The molecule has 36 heavy (non-hydrogen) atoms. The van der Waals surface area contributed by atoms with Crippen LogP contribution in [0.5, 0.6) is 5.75 Å². The largest absolute Gasteiger partial charge is 0.497 e. The molecule has 0 aliphatic carbocycles. The molecule has 1 aliphatic heterocycles. The Morgan fingerprint density at radius 1 is 0.861 bits per heavy atom. The first-order valence-corrected chi connectivity index (χ1v) is 13.0. The third-order valence-electron chi connectivity index (χ3n) is 6.69. The average molecular weight is 490 g/mol. The molecule has 1 aliphatic rings. The third-order valence-corrected chi connectivity index (χ3v) is 8.14. The minimum absolute atomic E-state index is 0.107. The van der Waals surface area contributed by atoms with Gasteiger partial charge in [-0.25, -0.2) is 0 Å². The quantitative estimate of drug-likeness (QED) is 0.255. The normalized spacial score (nSPS) is 17.2. The lowest BCUT2D eigenvalue weighted by Gasteiger charge is -2.28. The Bertz CT molecular complexity index is 1510. The molecule has 0 radical (unpaired) electrons.